The van der Waals surface area contributed by atoms with Crippen molar-refractivity contribution in [1.29, 1.82) is 0 Å². The van der Waals surface area contributed by atoms with Gasteiger partial charge in [0.05, 0.1) is 18.4 Å². The van der Waals surface area contributed by atoms with Crippen molar-refractivity contribution >= 4 is 21.7 Å². The second kappa shape index (κ2) is 7.78. The summed E-state index contributed by atoms with van der Waals surface area (Å²) >= 11 is 0. The number of methoxy groups -OCH3 is 1. The molecular formula is C17H19NO4S. The van der Waals surface area contributed by atoms with E-state index in [-0.39, 0.29) is 5.75 Å². The number of ether oxygens (including phenoxy) is 1. The average Bonchev–Trinajstić information content (AvgIpc) is 2.54. The van der Waals surface area contributed by atoms with Gasteiger partial charge in [-0.1, -0.05) is 36.4 Å². The van der Waals surface area contributed by atoms with Gasteiger partial charge in [-0.3, -0.25) is 4.72 Å². The zero-order chi connectivity index (χ0) is 16.7. The number of hydrogen-bond acceptors (Lipinski definition) is 4. The molecule has 0 bridgehead atoms. The molecule has 0 amide bonds. The first-order valence-corrected chi connectivity index (χ1v) is 8.88. The van der Waals surface area contributed by atoms with E-state index in [0.717, 1.165) is 5.56 Å². The van der Waals surface area contributed by atoms with Crippen LogP contribution in [-0.2, 0) is 21.2 Å². The summed E-state index contributed by atoms with van der Waals surface area (Å²) < 4.78 is 31.3. The summed E-state index contributed by atoms with van der Waals surface area (Å²) in [6.07, 6.45) is 1.22. The number of carbonyl (C=O) groups is 1. The third kappa shape index (κ3) is 5.41. The van der Waals surface area contributed by atoms with E-state index in [2.05, 4.69) is 9.46 Å². The fraction of sp³-hybridized carbons (Fsp3) is 0.235. The number of rotatable bonds is 7. The Morgan fingerprint density at radius 3 is 2.52 bits per heavy atom. The predicted molar refractivity (Wildman–Crippen MR) is 90.0 cm³/mol. The van der Waals surface area contributed by atoms with Crippen LogP contribution in [0.1, 0.15) is 22.3 Å². The van der Waals surface area contributed by atoms with Crippen molar-refractivity contribution in [1.82, 2.24) is 0 Å². The van der Waals surface area contributed by atoms with E-state index in [1.807, 2.05) is 30.3 Å². The summed E-state index contributed by atoms with van der Waals surface area (Å²) in [5.41, 5.74) is 1.76. The smallest absolute Gasteiger partial charge is 0.337 e. The van der Waals surface area contributed by atoms with Crippen LogP contribution in [0.25, 0.3) is 0 Å². The lowest BCUT2D eigenvalue weighted by Crippen LogP contribution is -2.17. The van der Waals surface area contributed by atoms with Crippen molar-refractivity contribution in [3.05, 3.63) is 65.7 Å². The van der Waals surface area contributed by atoms with E-state index < -0.39 is 16.0 Å². The second-order valence-electron chi connectivity index (χ2n) is 5.08. The fourth-order valence-electron chi connectivity index (χ4n) is 2.17. The minimum Gasteiger partial charge on any atom is -0.465 e. The number of aryl methyl sites for hydroxylation is 1. The lowest BCUT2D eigenvalue weighted by atomic mass is 10.1. The third-order valence-electron chi connectivity index (χ3n) is 3.28. The van der Waals surface area contributed by atoms with E-state index >= 15 is 0 Å². The lowest BCUT2D eigenvalue weighted by Gasteiger charge is -2.09. The van der Waals surface area contributed by atoms with Gasteiger partial charge in [0.25, 0.3) is 0 Å². The minimum atomic E-state index is -3.46. The second-order valence-corrected chi connectivity index (χ2v) is 6.92. The Bertz CT molecular complexity index is 757. The Hall–Kier alpha value is -2.34. The molecule has 0 aromatic heterocycles. The molecule has 0 aliphatic heterocycles. The molecule has 1 N–H and O–H groups in total. The predicted octanol–water partition coefficient (Wildman–Crippen LogP) is 2.85. The van der Waals surface area contributed by atoms with Crippen LogP contribution >= 0.6 is 0 Å². The van der Waals surface area contributed by atoms with Crippen LogP contribution in [-0.4, -0.2) is 27.2 Å². The van der Waals surface area contributed by atoms with Gasteiger partial charge in [-0.2, -0.15) is 0 Å². The molecule has 0 aliphatic carbocycles. The zero-order valence-electron chi connectivity index (χ0n) is 12.9. The van der Waals surface area contributed by atoms with Crippen LogP contribution in [0.5, 0.6) is 0 Å². The van der Waals surface area contributed by atoms with Gasteiger partial charge in [0, 0.05) is 5.69 Å². The van der Waals surface area contributed by atoms with Crippen molar-refractivity contribution in [3.63, 3.8) is 0 Å². The van der Waals surface area contributed by atoms with Crippen molar-refractivity contribution in [2.45, 2.75) is 12.8 Å². The van der Waals surface area contributed by atoms with Crippen molar-refractivity contribution in [3.8, 4) is 0 Å². The van der Waals surface area contributed by atoms with E-state index in [1.54, 1.807) is 18.2 Å². The van der Waals surface area contributed by atoms with E-state index in [0.29, 0.717) is 24.1 Å². The normalized spacial score (nSPS) is 11.0. The van der Waals surface area contributed by atoms with Gasteiger partial charge in [-0.25, -0.2) is 13.2 Å². The fourth-order valence-corrected chi connectivity index (χ4v) is 3.28. The van der Waals surface area contributed by atoms with Gasteiger partial charge >= 0.3 is 5.97 Å². The Balaban J connectivity index is 1.94. The highest BCUT2D eigenvalue weighted by molar-refractivity contribution is 7.92. The molecule has 0 saturated heterocycles. The number of carbonyl (C=O) groups excluding carboxylic acids is 1. The standard InChI is InChI=1S/C17H19NO4S/c1-22-17(19)15-10-5-11-16(13-15)18-23(20,21)12-6-9-14-7-3-2-4-8-14/h2-5,7-8,10-11,13,18H,6,9,12H2,1H3. The summed E-state index contributed by atoms with van der Waals surface area (Å²) in [5.74, 6) is -0.486. The molecule has 5 nitrogen and oxygen atoms in total. The van der Waals surface area contributed by atoms with Gasteiger partial charge in [0.2, 0.25) is 10.0 Å². The van der Waals surface area contributed by atoms with Crippen LogP contribution < -0.4 is 4.72 Å². The molecular weight excluding hydrogens is 314 g/mol. The quantitative estimate of drug-likeness (QED) is 0.791. The summed E-state index contributed by atoms with van der Waals surface area (Å²) in [6.45, 7) is 0. The maximum atomic E-state index is 12.1. The Labute approximate surface area is 136 Å². The van der Waals surface area contributed by atoms with Crippen LogP contribution in [0.2, 0.25) is 0 Å². The lowest BCUT2D eigenvalue weighted by molar-refractivity contribution is 0.0601. The first-order valence-electron chi connectivity index (χ1n) is 7.23. The number of hydrogen-bond donors (Lipinski definition) is 1. The van der Waals surface area contributed by atoms with Crippen LogP contribution in [0.4, 0.5) is 5.69 Å². The van der Waals surface area contributed by atoms with Crippen molar-refractivity contribution in [2.24, 2.45) is 0 Å². The molecule has 2 rings (SSSR count). The summed E-state index contributed by atoms with van der Waals surface area (Å²) in [5, 5.41) is 0. The van der Waals surface area contributed by atoms with Gasteiger partial charge in [0.1, 0.15) is 0 Å². The van der Waals surface area contributed by atoms with Gasteiger partial charge in [-0.15, -0.1) is 0 Å². The Morgan fingerprint density at radius 1 is 1.09 bits per heavy atom. The highest BCUT2D eigenvalue weighted by Gasteiger charge is 2.12. The highest BCUT2D eigenvalue weighted by atomic mass is 32.2. The molecule has 2 aromatic rings. The maximum absolute atomic E-state index is 12.1. The van der Waals surface area contributed by atoms with Crippen LogP contribution in [0, 0.1) is 0 Å². The summed E-state index contributed by atoms with van der Waals surface area (Å²) in [7, 11) is -2.18. The molecule has 0 radical (unpaired) electrons. The monoisotopic (exact) mass is 333 g/mol. The Morgan fingerprint density at radius 2 is 1.83 bits per heavy atom. The van der Waals surface area contributed by atoms with E-state index in [1.165, 1.54) is 13.2 Å². The summed E-state index contributed by atoms with van der Waals surface area (Å²) in [4.78, 5) is 11.5. The molecule has 0 saturated carbocycles. The number of sulfonamides is 1. The zero-order valence-corrected chi connectivity index (χ0v) is 13.7. The first-order chi connectivity index (χ1) is 11.0. The van der Waals surface area contributed by atoms with Gasteiger partial charge in [0.15, 0.2) is 0 Å². The SMILES string of the molecule is COC(=O)c1cccc(NS(=O)(=O)CCCc2ccccc2)c1. The van der Waals surface area contributed by atoms with Crippen molar-refractivity contribution < 1.29 is 17.9 Å². The van der Waals surface area contributed by atoms with Crippen LogP contribution in [0.3, 0.4) is 0 Å². The number of esters is 1. The number of nitrogens with one attached hydrogen (secondary N) is 1. The molecule has 0 atom stereocenters. The molecule has 0 aliphatic rings. The molecule has 0 heterocycles. The highest BCUT2D eigenvalue weighted by Crippen LogP contribution is 2.14. The first kappa shape index (κ1) is 17.0. The summed E-state index contributed by atoms with van der Waals surface area (Å²) in [6, 6.07) is 16.0. The largest absolute Gasteiger partial charge is 0.465 e. The Kier molecular flexibility index (Phi) is 5.76. The number of anilines is 1. The maximum Gasteiger partial charge on any atom is 0.337 e. The molecule has 0 unspecified atom stereocenters. The molecule has 0 spiro atoms. The van der Waals surface area contributed by atoms with Gasteiger partial charge in [-0.05, 0) is 36.6 Å². The van der Waals surface area contributed by atoms with E-state index in [9.17, 15) is 13.2 Å². The van der Waals surface area contributed by atoms with Crippen molar-refractivity contribution in [2.75, 3.05) is 17.6 Å². The van der Waals surface area contributed by atoms with E-state index in [4.69, 9.17) is 0 Å². The van der Waals surface area contributed by atoms with Gasteiger partial charge < -0.3 is 4.74 Å². The molecule has 23 heavy (non-hydrogen) atoms. The third-order valence-corrected chi connectivity index (χ3v) is 4.65. The number of benzene rings is 2. The molecule has 6 heteroatoms. The molecule has 2 aromatic carbocycles. The minimum absolute atomic E-state index is 0.0182. The topological polar surface area (TPSA) is 72.5 Å². The average molecular weight is 333 g/mol. The molecule has 0 fully saturated rings. The van der Waals surface area contributed by atoms with Crippen LogP contribution in [0.15, 0.2) is 54.6 Å². The molecule has 122 valence electrons.